The average molecular weight is 258 g/mol. The van der Waals surface area contributed by atoms with Crippen LogP contribution in [0.15, 0.2) is 42.7 Å². The van der Waals surface area contributed by atoms with Gasteiger partial charge in [0.25, 0.3) is 5.69 Å². The lowest BCUT2D eigenvalue weighted by Crippen LogP contribution is -2.05. The molecule has 6 heteroatoms. The monoisotopic (exact) mass is 258 g/mol. The molecular weight excluding hydrogens is 244 g/mol. The van der Waals surface area contributed by atoms with Crippen molar-refractivity contribution in [1.29, 1.82) is 0 Å². The zero-order valence-corrected chi connectivity index (χ0v) is 10.2. The van der Waals surface area contributed by atoms with Crippen molar-refractivity contribution in [2.24, 2.45) is 0 Å². The maximum absolute atomic E-state index is 10.7. The molecule has 1 aromatic carbocycles. The summed E-state index contributed by atoms with van der Waals surface area (Å²) in [5.41, 5.74) is 7.80. The SMILES string of the molecule is Nc1cc(NCCc2ccncc2)cc([N+](=O)[O-])c1. The molecule has 0 bridgehead atoms. The highest BCUT2D eigenvalue weighted by atomic mass is 16.6. The van der Waals surface area contributed by atoms with Crippen molar-refractivity contribution < 1.29 is 4.92 Å². The van der Waals surface area contributed by atoms with Gasteiger partial charge in [0.1, 0.15) is 0 Å². The second kappa shape index (κ2) is 5.81. The fourth-order valence-electron chi connectivity index (χ4n) is 1.74. The largest absolute Gasteiger partial charge is 0.398 e. The van der Waals surface area contributed by atoms with E-state index in [0.717, 1.165) is 12.0 Å². The molecule has 0 unspecified atom stereocenters. The van der Waals surface area contributed by atoms with Crippen molar-refractivity contribution >= 4 is 17.1 Å². The molecule has 0 saturated heterocycles. The number of hydrogen-bond donors (Lipinski definition) is 2. The fourth-order valence-corrected chi connectivity index (χ4v) is 1.74. The van der Waals surface area contributed by atoms with E-state index < -0.39 is 4.92 Å². The first-order valence-corrected chi connectivity index (χ1v) is 5.83. The first-order chi connectivity index (χ1) is 9.15. The fraction of sp³-hybridized carbons (Fsp3) is 0.154. The third kappa shape index (κ3) is 3.67. The second-order valence-corrected chi connectivity index (χ2v) is 4.10. The number of benzene rings is 1. The number of nitrogens with one attached hydrogen (secondary N) is 1. The zero-order valence-electron chi connectivity index (χ0n) is 10.2. The normalized spacial score (nSPS) is 10.1. The highest BCUT2D eigenvalue weighted by Gasteiger charge is 2.07. The van der Waals surface area contributed by atoms with E-state index in [1.807, 2.05) is 12.1 Å². The minimum Gasteiger partial charge on any atom is -0.398 e. The predicted octanol–water partition coefficient (Wildman–Crippen LogP) is 2.23. The van der Waals surface area contributed by atoms with Crippen LogP contribution in [0.2, 0.25) is 0 Å². The Labute approximate surface area is 110 Å². The molecule has 1 aromatic heterocycles. The zero-order chi connectivity index (χ0) is 13.7. The molecule has 0 spiro atoms. The number of pyridine rings is 1. The number of hydrogen-bond acceptors (Lipinski definition) is 5. The van der Waals surface area contributed by atoms with Gasteiger partial charge in [0.2, 0.25) is 0 Å². The summed E-state index contributed by atoms with van der Waals surface area (Å²) in [4.78, 5) is 14.2. The molecule has 98 valence electrons. The molecule has 1 heterocycles. The lowest BCUT2D eigenvalue weighted by molar-refractivity contribution is -0.384. The number of nitrogens with zero attached hydrogens (tertiary/aromatic N) is 2. The Balaban J connectivity index is 1.98. The Morgan fingerprint density at radius 1 is 1.26 bits per heavy atom. The van der Waals surface area contributed by atoms with E-state index in [1.165, 1.54) is 12.1 Å². The standard InChI is InChI=1S/C13H14N4O2/c14-11-7-12(9-13(8-11)17(18)19)16-6-3-10-1-4-15-5-2-10/h1-2,4-5,7-9,16H,3,6,14H2. The Kier molecular flexibility index (Phi) is 3.92. The van der Waals surface area contributed by atoms with Crippen LogP contribution < -0.4 is 11.1 Å². The first kappa shape index (κ1) is 12.8. The van der Waals surface area contributed by atoms with Gasteiger partial charge in [0, 0.05) is 42.4 Å². The van der Waals surface area contributed by atoms with Crippen molar-refractivity contribution in [3.05, 3.63) is 58.4 Å². The van der Waals surface area contributed by atoms with Crippen LogP contribution in [0.3, 0.4) is 0 Å². The summed E-state index contributed by atoms with van der Waals surface area (Å²) in [5.74, 6) is 0. The summed E-state index contributed by atoms with van der Waals surface area (Å²) < 4.78 is 0. The van der Waals surface area contributed by atoms with Crippen LogP contribution >= 0.6 is 0 Å². The molecule has 19 heavy (non-hydrogen) atoms. The topological polar surface area (TPSA) is 94.1 Å². The minimum atomic E-state index is -0.454. The summed E-state index contributed by atoms with van der Waals surface area (Å²) in [7, 11) is 0. The van der Waals surface area contributed by atoms with E-state index in [4.69, 9.17) is 5.73 Å². The van der Waals surface area contributed by atoms with Crippen molar-refractivity contribution in [1.82, 2.24) is 4.98 Å². The summed E-state index contributed by atoms with van der Waals surface area (Å²) in [5, 5.41) is 13.8. The van der Waals surface area contributed by atoms with E-state index in [9.17, 15) is 10.1 Å². The average Bonchev–Trinajstić information content (AvgIpc) is 2.39. The van der Waals surface area contributed by atoms with Crippen LogP contribution in [0, 0.1) is 10.1 Å². The van der Waals surface area contributed by atoms with Crippen molar-refractivity contribution in [2.75, 3.05) is 17.6 Å². The van der Waals surface area contributed by atoms with Crippen LogP contribution in [0.5, 0.6) is 0 Å². The van der Waals surface area contributed by atoms with Gasteiger partial charge in [-0.2, -0.15) is 0 Å². The maximum Gasteiger partial charge on any atom is 0.273 e. The summed E-state index contributed by atoms with van der Waals surface area (Å²) in [6, 6.07) is 8.36. The third-order valence-electron chi connectivity index (χ3n) is 2.64. The molecule has 0 fully saturated rings. The van der Waals surface area contributed by atoms with Crippen molar-refractivity contribution in [2.45, 2.75) is 6.42 Å². The number of nitro groups is 1. The quantitative estimate of drug-likeness (QED) is 0.487. The molecule has 3 N–H and O–H groups in total. The van der Waals surface area contributed by atoms with Crippen LogP contribution in [0.25, 0.3) is 0 Å². The molecule has 0 aliphatic heterocycles. The molecule has 6 nitrogen and oxygen atoms in total. The summed E-state index contributed by atoms with van der Waals surface area (Å²) in [6.45, 7) is 0.671. The van der Waals surface area contributed by atoms with Crippen LogP contribution in [-0.4, -0.2) is 16.5 Å². The number of anilines is 2. The van der Waals surface area contributed by atoms with Gasteiger partial charge in [-0.15, -0.1) is 0 Å². The molecule has 0 aliphatic carbocycles. The Morgan fingerprint density at radius 3 is 2.68 bits per heavy atom. The van der Waals surface area contributed by atoms with E-state index >= 15 is 0 Å². The van der Waals surface area contributed by atoms with Crippen molar-refractivity contribution in [3.63, 3.8) is 0 Å². The van der Waals surface area contributed by atoms with Crippen LogP contribution in [0.4, 0.5) is 17.1 Å². The first-order valence-electron chi connectivity index (χ1n) is 5.83. The molecular formula is C13H14N4O2. The molecule has 0 atom stereocenters. The number of nitrogens with two attached hydrogens (primary N) is 1. The third-order valence-corrected chi connectivity index (χ3v) is 2.64. The van der Waals surface area contributed by atoms with Gasteiger partial charge in [-0.3, -0.25) is 15.1 Å². The van der Waals surface area contributed by atoms with E-state index in [0.29, 0.717) is 17.9 Å². The van der Waals surface area contributed by atoms with Crippen LogP contribution in [-0.2, 0) is 6.42 Å². The number of nitrogen functional groups attached to an aromatic ring is 1. The van der Waals surface area contributed by atoms with Gasteiger partial charge in [0.15, 0.2) is 0 Å². The number of rotatable bonds is 5. The van der Waals surface area contributed by atoms with E-state index in [1.54, 1.807) is 18.5 Å². The molecule has 0 aliphatic rings. The van der Waals surface area contributed by atoms with Gasteiger partial charge >= 0.3 is 0 Å². The minimum absolute atomic E-state index is 0.00795. The highest BCUT2D eigenvalue weighted by molar-refractivity contribution is 5.61. The van der Waals surface area contributed by atoms with Crippen LogP contribution in [0.1, 0.15) is 5.56 Å². The van der Waals surface area contributed by atoms with Crippen molar-refractivity contribution in [3.8, 4) is 0 Å². The maximum atomic E-state index is 10.7. The number of non-ortho nitro benzene ring substituents is 1. The van der Waals surface area contributed by atoms with Gasteiger partial charge in [-0.1, -0.05) is 0 Å². The predicted molar refractivity (Wildman–Crippen MR) is 73.9 cm³/mol. The summed E-state index contributed by atoms with van der Waals surface area (Å²) >= 11 is 0. The Bertz CT molecular complexity index is 572. The smallest absolute Gasteiger partial charge is 0.273 e. The molecule has 0 radical (unpaired) electrons. The molecule has 0 saturated carbocycles. The Morgan fingerprint density at radius 2 is 2.00 bits per heavy atom. The van der Waals surface area contributed by atoms with Gasteiger partial charge < -0.3 is 11.1 Å². The molecule has 2 rings (SSSR count). The number of aromatic nitrogens is 1. The van der Waals surface area contributed by atoms with Gasteiger partial charge in [-0.05, 0) is 30.2 Å². The van der Waals surface area contributed by atoms with E-state index in [2.05, 4.69) is 10.3 Å². The molecule has 0 amide bonds. The number of nitro benzene ring substituents is 1. The molecule has 2 aromatic rings. The van der Waals surface area contributed by atoms with Gasteiger partial charge in [0.05, 0.1) is 4.92 Å². The van der Waals surface area contributed by atoms with E-state index in [-0.39, 0.29) is 5.69 Å². The lowest BCUT2D eigenvalue weighted by atomic mass is 10.2. The lowest BCUT2D eigenvalue weighted by Gasteiger charge is -2.07. The second-order valence-electron chi connectivity index (χ2n) is 4.10. The summed E-state index contributed by atoms with van der Waals surface area (Å²) in [6.07, 6.45) is 4.28. The highest BCUT2D eigenvalue weighted by Crippen LogP contribution is 2.22. The van der Waals surface area contributed by atoms with Gasteiger partial charge in [-0.25, -0.2) is 0 Å². The Hall–Kier alpha value is -2.63.